The van der Waals surface area contributed by atoms with Crippen molar-refractivity contribution in [3.8, 4) is 0 Å². The zero-order valence-electron chi connectivity index (χ0n) is 8.61. The summed E-state index contributed by atoms with van der Waals surface area (Å²) in [5, 5.41) is 0.656. The molecule has 0 spiro atoms. The molecule has 0 bridgehead atoms. The summed E-state index contributed by atoms with van der Waals surface area (Å²) in [4.78, 5) is 18.6. The Hall–Kier alpha value is -1.61. The minimum absolute atomic E-state index is 0.122. The highest BCUT2D eigenvalue weighted by Crippen LogP contribution is 2.11. The molecule has 0 radical (unpaired) electrons. The Morgan fingerprint density at radius 1 is 1.38 bits per heavy atom. The van der Waals surface area contributed by atoms with Crippen LogP contribution >= 0.6 is 11.6 Å². The topological polar surface area (TPSA) is 45.8 Å². The van der Waals surface area contributed by atoms with Crippen molar-refractivity contribution in [3.63, 3.8) is 0 Å². The van der Waals surface area contributed by atoms with Crippen molar-refractivity contribution >= 4 is 17.4 Å². The van der Waals surface area contributed by atoms with E-state index in [1.807, 2.05) is 18.2 Å². The summed E-state index contributed by atoms with van der Waals surface area (Å²) < 4.78 is 0. The molecule has 82 valence electrons. The average Bonchev–Trinajstić information content (AvgIpc) is 2.70. The molecule has 0 unspecified atom stereocenters. The Morgan fingerprint density at radius 3 is 2.94 bits per heavy atom. The van der Waals surface area contributed by atoms with Gasteiger partial charge in [0, 0.05) is 23.8 Å². The van der Waals surface area contributed by atoms with Crippen molar-refractivity contribution in [1.82, 2.24) is 9.97 Å². The molecule has 2 rings (SSSR count). The fourth-order valence-corrected chi connectivity index (χ4v) is 1.73. The second-order valence-corrected chi connectivity index (χ2v) is 3.99. The number of aromatic nitrogens is 2. The fraction of sp³-hybridized carbons (Fsp3) is 0.167. The average molecular weight is 235 g/mol. The minimum atomic E-state index is 0.122. The molecule has 1 aromatic heterocycles. The molecule has 0 amide bonds. The van der Waals surface area contributed by atoms with Gasteiger partial charge in [-0.05, 0) is 17.7 Å². The predicted octanol–water partition coefficient (Wildman–Crippen LogP) is 2.42. The second-order valence-electron chi connectivity index (χ2n) is 3.56. The van der Waals surface area contributed by atoms with Gasteiger partial charge in [0.2, 0.25) is 0 Å². The first-order chi connectivity index (χ1) is 7.74. The van der Waals surface area contributed by atoms with E-state index in [0.717, 1.165) is 5.56 Å². The van der Waals surface area contributed by atoms with Crippen molar-refractivity contribution in [1.29, 1.82) is 0 Å². The van der Waals surface area contributed by atoms with Gasteiger partial charge in [0.1, 0.15) is 11.6 Å². The molecule has 2 aromatic rings. The van der Waals surface area contributed by atoms with E-state index < -0.39 is 0 Å². The molecule has 4 heteroatoms. The maximum absolute atomic E-state index is 11.7. The van der Waals surface area contributed by atoms with Gasteiger partial charge in [0.05, 0.1) is 6.42 Å². The van der Waals surface area contributed by atoms with E-state index in [0.29, 0.717) is 23.7 Å². The quantitative estimate of drug-likeness (QED) is 0.883. The van der Waals surface area contributed by atoms with Crippen LogP contribution in [0.5, 0.6) is 0 Å². The smallest absolute Gasteiger partial charge is 0.144 e. The highest BCUT2D eigenvalue weighted by atomic mass is 35.5. The number of benzene rings is 1. The maximum Gasteiger partial charge on any atom is 0.144 e. The van der Waals surface area contributed by atoms with Crippen molar-refractivity contribution in [2.75, 3.05) is 0 Å². The number of nitrogens with zero attached hydrogens (tertiary/aromatic N) is 1. The number of carbonyl (C=O) groups is 1. The van der Waals surface area contributed by atoms with E-state index in [-0.39, 0.29) is 5.78 Å². The molecule has 1 heterocycles. The SMILES string of the molecule is O=C(Cc1cccc(Cl)c1)Cc1ncc[nH]1. The van der Waals surface area contributed by atoms with Crippen LogP contribution in [-0.2, 0) is 17.6 Å². The van der Waals surface area contributed by atoms with Crippen LogP contribution < -0.4 is 0 Å². The molecule has 0 saturated carbocycles. The van der Waals surface area contributed by atoms with E-state index in [1.165, 1.54) is 0 Å². The van der Waals surface area contributed by atoms with Crippen LogP contribution in [0.4, 0.5) is 0 Å². The summed E-state index contributed by atoms with van der Waals surface area (Å²) in [7, 11) is 0. The highest BCUT2D eigenvalue weighted by Gasteiger charge is 2.06. The molecule has 3 nitrogen and oxygen atoms in total. The number of ketones is 1. The number of imidazole rings is 1. The lowest BCUT2D eigenvalue weighted by Gasteiger charge is -2.00. The lowest BCUT2D eigenvalue weighted by Crippen LogP contribution is -2.07. The molecule has 0 aliphatic heterocycles. The molecule has 0 aliphatic rings. The number of hydrogen-bond acceptors (Lipinski definition) is 2. The molecule has 0 fully saturated rings. The third kappa shape index (κ3) is 2.94. The summed E-state index contributed by atoms with van der Waals surface area (Å²) in [5.74, 6) is 0.823. The van der Waals surface area contributed by atoms with Gasteiger partial charge in [-0.3, -0.25) is 4.79 Å². The van der Waals surface area contributed by atoms with Crippen LogP contribution in [-0.4, -0.2) is 15.8 Å². The third-order valence-corrected chi connectivity index (χ3v) is 2.44. The Balaban J connectivity index is 1.97. The zero-order valence-corrected chi connectivity index (χ0v) is 9.37. The maximum atomic E-state index is 11.7. The van der Waals surface area contributed by atoms with Gasteiger partial charge in [-0.2, -0.15) is 0 Å². The summed E-state index contributed by atoms with van der Waals surface area (Å²) in [6.45, 7) is 0. The molecule has 1 N–H and O–H groups in total. The summed E-state index contributed by atoms with van der Waals surface area (Å²) in [6.07, 6.45) is 4.07. The van der Waals surface area contributed by atoms with Gasteiger partial charge in [-0.1, -0.05) is 23.7 Å². The van der Waals surface area contributed by atoms with Crippen molar-refractivity contribution in [2.45, 2.75) is 12.8 Å². The van der Waals surface area contributed by atoms with Crippen LogP contribution in [0.15, 0.2) is 36.7 Å². The largest absolute Gasteiger partial charge is 0.348 e. The van der Waals surface area contributed by atoms with Crippen molar-refractivity contribution < 1.29 is 4.79 Å². The van der Waals surface area contributed by atoms with Gasteiger partial charge in [0.25, 0.3) is 0 Å². The Kier molecular flexibility index (Phi) is 3.37. The molecular weight excluding hydrogens is 224 g/mol. The Morgan fingerprint density at radius 2 is 2.25 bits per heavy atom. The number of rotatable bonds is 4. The normalized spacial score (nSPS) is 10.3. The Bertz CT molecular complexity index is 480. The standard InChI is InChI=1S/C12H11ClN2O/c13-10-3-1-2-9(6-10)7-11(16)8-12-14-4-5-15-12/h1-6H,7-8H2,(H,14,15). The van der Waals surface area contributed by atoms with Gasteiger partial charge >= 0.3 is 0 Å². The number of carbonyl (C=O) groups excluding carboxylic acids is 1. The van der Waals surface area contributed by atoms with Gasteiger partial charge in [-0.15, -0.1) is 0 Å². The lowest BCUT2D eigenvalue weighted by atomic mass is 10.1. The lowest BCUT2D eigenvalue weighted by molar-refractivity contribution is -0.117. The number of H-pyrrole nitrogens is 1. The van der Waals surface area contributed by atoms with Gasteiger partial charge < -0.3 is 4.98 Å². The summed E-state index contributed by atoms with van der Waals surface area (Å²) in [6, 6.07) is 7.34. The molecule has 16 heavy (non-hydrogen) atoms. The van der Waals surface area contributed by atoms with Crippen LogP contribution in [0.3, 0.4) is 0 Å². The van der Waals surface area contributed by atoms with Crippen molar-refractivity contribution in [3.05, 3.63) is 53.1 Å². The van der Waals surface area contributed by atoms with Crippen LogP contribution in [0.2, 0.25) is 5.02 Å². The summed E-state index contributed by atoms with van der Waals surface area (Å²) >= 11 is 5.84. The first kappa shape index (κ1) is 10.9. The predicted molar refractivity (Wildman–Crippen MR) is 62.5 cm³/mol. The first-order valence-electron chi connectivity index (χ1n) is 4.98. The molecule has 0 saturated heterocycles. The molecule has 0 aliphatic carbocycles. The van der Waals surface area contributed by atoms with E-state index in [1.54, 1.807) is 18.5 Å². The molecular formula is C12H11ClN2O. The van der Waals surface area contributed by atoms with Gasteiger partial charge in [-0.25, -0.2) is 4.98 Å². The zero-order chi connectivity index (χ0) is 11.4. The van der Waals surface area contributed by atoms with E-state index in [9.17, 15) is 4.79 Å². The van der Waals surface area contributed by atoms with Crippen LogP contribution in [0.25, 0.3) is 0 Å². The summed E-state index contributed by atoms with van der Waals surface area (Å²) in [5.41, 5.74) is 0.934. The number of nitrogens with one attached hydrogen (secondary N) is 1. The van der Waals surface area contributed by atoms with E-state index >= 15 is 0 Å². The Labute approximate surface area is 98.5 Å². The first-order valence-corrected chi connectivity index (χ1v) is 5.36. The van der Waals surface area contributed by atoms with Crippen LogP contribution in [0, 0.1) is 0 Å². The minimum Gasteiger partial charge on any atom is -0.348 e. The molecule has 1 aromatic carbocycles. The monoisotopic (exact) mass is 234 g/mol. The number of Topliss-reactive ketones (excluding diaryl/α,β-unsaturated/α-hetero) is 1. The number of halogens is 1. The number of aromatic amines is 1. The van der Waals surface area contributed by atoms with Crippen molar-refractivity contribution in [2.24, 2.45) is 0 Å². The van der Waals surface area contributed by atoms with E-state index in [2.05, 4.69) is 9.97 Å². The number of hydrogen-bond donors (Lipinski definition) is 1. The second kappa shape index (κ2) is 4.94. The third-order valence-electron chi connectivity index (χ3n) is 2.21. The van der Waals surface area contributed by atoms with Crippen LogP contribution in [0.1, 0.15) is 11.4 Å². The van der Waals surface area contributed by atoms with E-state index in [4.69, 9.17) is 11.6 Å². The fourth-order valence-electron chi connectivity index (χ4n) is 1.52. The van der Waals surface area contributed by atoms with Gasteiger partial charge in [0.15, 0.2) is 0 Å². The highest BCUT2D eigenvalue weighted by molar-refractivity contribution is 6.30. The molecule has 0 atom stereocenters.